The van der Waals surface area contributed by atoms with Crippen molar-refractivity contribution in [2.24, 2.45) is 0 Å². The highest BCUT2D eigenvalue weighted by molar-refractivity contribution is 9.10. The highest BCUT2D eigenvalue weighted by atomic mass is 79.9. The van der Waals surface area contributed by atoms with Crippen LogP contribution in [-0.2, 0) is 9.59 Å². The molecule has 1 aromatic rings. The first-order chi connectivity index (χ1) is 10.6. The molecule has 0 bridgehead atoms. The van der Waals surface area contributed by atoms with Crippen molar-refractivity contribution in [1.82, 2.24) is 10.2 Å². The average molecular weight is 369 g/mol. The number of amides is 2. The van der Waals surface area contributed by atoms with Crippen LogP contribution in [0.5, 0.6) is 5.75 Å². The second-order valence-electron chi connectivity index (χ2n) is 5.24. The molecule has 1 N–H and O–H groups in total. The number of halogens is 1. The zero-order valence-corrected chi connectivity index (χ0v) is 14.1. The quantitative estimate of drug-likeness (QED) is 0.803. The molecule has 2 amide bonds. The third kappa shape index (κ3) is 5.67. The lowest BCUT2D eigenvalue weighted by atomic mass is 10.3. The summed E-state index contributed by atoms with van der Waals surface area (Å²) in [5.74, 6) is 0.763. The molecule has 1 heterocycles. The minimum atomic E-state index is -0.0933. The van der Waals surface area contributed by atoms with Crippen molar-refractivity contribution in [1.29, 1.82) is 0 Å². The number of hydrogen-bond donors (Lipinski definition) is 1. The number of rotatable bonds is 7. The van der Waals surface area contributed by atoms with Gasteiger partial charge in [-0.05, 0) is 31.0 Å². The van der Waals surface area contributed by atoms with Gasteiger partial charge in [-0.1, -0.05) is 22.0 Å². The summed E-state index contributed by atoms with van der Waals surface area (Å²) in [7, 11) is 0. The zero-order valence-electron chi connectivity index (χ0n) is 12.5. The number of carbonyl (C=O) groups excluding carboxylic acids is 2. The Morgan fingerprint density at radius 2 is 2.00 bits per heavy atom. The molecule has 0 radical (unpaired) electrons. The predicted molar refractivity (Wildman–Crippen MR) is 87.7 cm³/mol. The normalized spacial score (nSPS) is 14.0. The Balaban J connectivity index is 1.57. The van der Waals surface area contributed by atoms with Gasteiger partial charge in [0, 0.05) is 30.5 Å². The maximum Gasteiger partial charge on any atom is 0.224 e. The van der Waals surface area contributed by atoms with Crippen LogP contribution < -0.4 is 10.1 Å². The minimum Gasteiger partial charge on any atom is -0.493 e. The third-order valence-corrected chi connectivity index (χ3v) is 4.01. The molecule has 0 aliphatic carbocycles. The topological polar surface area (TPSA) is 58.6 Å². The number of hydrogen-bond acceptors (Lipinski definition) is 3. The summed E-state index contributed by atoms with van der Waals surface area (Å²) in [4.78, 5) is 25.3. The van der Waals surface area contributed by atoms with Gasteiger partial charge in [0.1, 0.15) is 5.75 Å². The molecule has 22 heavy (non-hydrogen) atoms. The molecule has 5 nitrogen and oxygen atoms in total. The molecule has 6 heteroatoms. The van der Waals surface area contributed by atoms with Crippen LogP contribution in [-0.4, -0.2) is 43.0 Å². The number of nitrogens with one attached hydrogen (secondary N) is 1. The molecule has 0 atom stereocenters. The number of nitrogens with zero attached hydrogens (tertiary/aromatic N) is 1. The molecule has 1 aliphatic heterocycles. The van der Waals surface area contributed by atoms with Crippen molar-refractivity contribution in [3.8, 4) is 5.75 Å². The van der Waals surface area contributed by atoms with Crippen LogP contribution in [0.25, 0.3) is 0 Å². The summed E-state index contributed by atoms with van der Waals surface area (Å²) in [6, 6.07) is 7.49. The van der Waals surface area contributed by atoms with Gasteiger partial charge in [0.15, 0.2) is 0 Å². The summed E-state index contributed by atoms with van der Waals surface area (Å²) >= 11 is 3.36. The van der Waals surface area contributed by atoms with Crippen molar-refractivity contribution in [2.75, 3.05) is 26.2 Å². The Bertz CT molecular complexity index is 516. The van der Waals surface area contributed by atoms with Gasteiger partial charge in [-0.2, -0.15) is 0 Å². The maximum absolute atomic E-state index is 11.8. The van der Waals surface area contributed by atoms with Gasteiger partial charge in [-0.3, -0.25) is 9.59 Å². The molecule has 1 fully saturated rings. The molecule has 2 rings (SSSR count). The first-order valence-corrected chi connectivity index (χ1v) is 8.37. The van der Waals surface area contributed by atoms with Crippen molar-refractivity contribution < 1.29 is 14.3 Å². The van der Waals surface area contributed by atoms with E-state index in [1.807, 2.05) is 29.2 Å². The first-order valence-electron chi connectivity index (χ1n) is 7.58. The second-order valence-corrected chi connectivity index (χ2v) is 6.16. The Morgan fingerprint density at radius 1 is 1.23 bits per heavy atom. The van der Waals surface area contributed by atoms with Crippen LogP contribution in [0.1, 0.15) is 25.7 Å². The summed E-state index contributed by atoms with van der Waals surface area (Å²) in [5.41, 5.74) is 0. The standard InChI is InChI=1S/C16H21BrN2O3/c17-13-4-3-5-14(12-13)22-11-7-15(20)18-8-6-16(21)19-9-1-2-10-19/h3-5,12H,1-2,6-11H2,(H,18,20). The van der Waals surface area contributed by atoms with Crippen LogP contribution in [0.3, 0.4) is 0 Å². The van der Waals surface area contributed by atoms with Crippen molar-refractivity contribution in [2.45, 2.75) is 25.7 Å². The molecule has 120 valence electrons. The van der Waals surface area contributed by atoms with Gasteiger partial charge in [-0.25, -0.2) is 0 Å². The van der Waals surface area contributed by atoms with Crippen molar-refractivity contribution in [3.05, 3.63) is 28.7 Å². The van der Waals surface area contributed by atoms with E-state index in [0.29, 0.717) is 19.6 Å². The fraction of sp³-hybridized carbons (Fsp3) is 0.500. The van der Waals surface area contributed by atoms with E-state index in [-0.39, 0.29) is 18.2 Å². The lowest BCUT2D eigenvalue weighted by Gasteiger charge is -2.15. The summed E-state index contributed by atoms with van der Waals surface area (Å²) in [6.45, 7) is 2.42. The van der Waals surface area contributed by atoms with Gasteiger partial charge in [-0.15, -0.1) is 0 Å². The van der Waals surface area contributed by atoms with E-state index in [1.54, 1.807) is 0 Å². The van der Waals surface area contributed by atoms with E-state index in [2.05, 4.69) is 21.2 Å². The number of carbonyl (C=O) groups is 2. The zero-order chi connectivity index (χ0) is 15.8. The lowest BCUT2D eigenvalue weighted by Crippen LogP contribution is -2.33. The largest absolute Gasteiger partial charge is 0.493 e. The van der Waals surface area contributed by atoms with E-state index in [0.717, 1.165) is 36.2 Å². The third-order valence-electron chi connectivity index (χ3n) is 3.51. The Hall–Kier alpha value is -1.56. The molecule has 1 saturated heterocycles. The van der Waals surface area contributed by atoms with Crippen molar-refractivity contribution >= 4 is 27.7 Å². The molecule has 0 saturated carbocycles. The predicted octanol–water partition coefficient (Wildman–Crippen LogP) is 2.35. The fourth-order valence-corrected chi connectivity index (χ4v) is 2.72. The Morgan fingerprint density at radius 3 is 2.73 bits per heavy atom. The molecule has 1 aromatic carbocycles. The Kier molecular flexibility index (Phi) is 6.71. The molecule has 0 aromatic heterocycles. The molecule has 0 unspecified atom stereocenters. The van der Waals surface area contributed by atoms with Gasteiger partial charge in [0.05, 0.1) is 13.0 Å². The molecular weight excluding hydrogens is 348 g/mol. The van der Waals surface area contributed by atoms with Gasteiger partial charge in [0.2, 0.25) is 11.8 Å². The molecule has 0 spiro atoms. The number of ether oxygens (including phenoxy) is 1. The van der Waals surface area contributed by atoms with E-state index in [4.69, 9.17) is 4.74 Å². The molecule has 1 aliphatic rings. The van der Waals surface area contributed by atoms with E-state index < -0.39 is 0 Å². The highest BCUT2D eigenvalue weighted by Gasteiger charge is 2.17. The van der Waals surface area contributed by atoms with Gasteiger partial charge in [0.25, 0.3) is 0 Å². The average Bonchev–Trinajstić information content (AvgIpc) is 3.01. The number of likely N-dealkylation sites (tertiary alicyclic amines) is 1. The van der Waals surface area contributed by atoms with Crippen LogP contribution in [0.2, 0.25) is 0 Å². The monoisotopic (exact) mass is 368 g/mol. The Labute approximate surface area is 139 Å². The van der Waals surface area contributed by atoms with Crippen molar-refractivity contribution in [3.63, 3.8) is 0 Å². The first kappa shape index (κ1) is 16.8. The van der Waals surface area contributed by atoms with Crippen LogP contribution >= 0.6 is 15.9 Å². The highest BCUT2D eigenvalue weighted by Crippen LogP contribution is 2.17. The fourth-order valence-electron chi connectivity index (χ4n) is 2.34. The van der Waals surface area contributed by atoms with E-state index >= 15 is 0 Å². The van der Waals surface area contributed by atoms with Crippen LogP contribution in [0, 0.1) is 0 Å². The second kappa shape index (κ2) is 8.78. The van der Waals surface area contributed by atoms with Crippen LogP contribution in [0.4, 0.5) is 0 Å². The van der Waals surface area contributed by atoms with Crippen LogP contribution in [0.15, 0.2) is 28.7 Å². The van der Waals surface area contributed by atoms with E-state index in [9.17, 15) is 9.59 Å². The smallest absolute Gasteiger partial charge is 0.224 e. The molecular formula is C16H21BrN2O3. The van der Waals surface area contributed by atoms with Gasteiger partial charge >= 0.3 is 0 Å². The SMILES string of the molecule is O=C(CCOc1cccc(Br)c1)NCCC(=O)N1CCCC1. The summed E-state index contributed by atoms with van der Waals surface area (Å²) < 4.78 is 6.44. The minimum absolute atomic E-state index is 0.0933. The summed E-state index contributed by atoms with van der Waals surface area (Å²) in [5, 5.41) is 2.76. The lowest BCUT2D eigenvalue weighted by molar-refractivity contribution is -0.130. The maximum atomic E-state index is 11.8. The van der Waals surface area contributed by atoms with E-state index in [1.165, 1.54) is 0 Å². The number of benzene rings is 1. The summed E-state index contributed by atoms with van der Waals surface area (Å²) in [6.07, 6.45) is 2.83. The van der Waals surface area contributed by atoms with Gasteiger partial charge < -0.3 is 15.0 Å².